The van der Waals surface area contributed by atoms with Gasteiger partial charge in [-0.1, -0.05) is 43.5 Å². The summed E-state index contributed by atoms with van der Waals surface area (Å²) in [6.45, 7) is 0. The van der Waals surface area contributed by atoms with Crippen LogP contribution in [0.3, 0.4) is 0 Å². The Balaban J connectivity index is 1.69. The molecule has 1 heterocycles. The number of aromatic carboxylic acids is 1. The number of aliphatic imine (C=N–C) groups is 1. The van der Waals surface area contributed by atoms with E-state index in [0.717, 1.165) is 37.7 Å². The maximum Gasteiger partial charge on any atom is 0.335 e. The van der Waals surface area contributed by atoms with Gasteiger partial charge in [0.1, 0.15) is 11.5 Å². The van der Waals surface area contributed by atoms with Gasteiger partial charge in [-0.3, -0.25) is 9.69 Å². The Morgan fingerprint density at radius 1 is 1.10 bits per heavy atom. The summed E-state index contributed by atoms with van der Waals surface area (Å²) in [6, 6.07) is 12.7. The first kappa shape index (κ1) is 20.3. The minimum absolute atomic E-state index is 0.0598. The number of amides is 1. The molecule has 1 N–H and O–H groups in total. The van der Waals surface area contributed by atoms with E-state index in [0.29, 0.717) is 10.1 Å². The van der Waals surface area contributed by atoms with Gasteiger partial charge in [0.05, 0.1) is 10.5 Å². The Bertz CT molecular complexity index is 1030. The van der Waals surface area contributed by atoms with E-state index in [1.54, 1.807) is 41.3 Å². The summed E-state index contributed by atoms with van der Waals surface area (Å²) >= 11 is 1.23. The first-order valence-electron chi connectivity index (χ1n) is 9.92. The van der Waals surface area contributed by atoms with Crippen LogP contribution in [0.25, 0.3) is 6.08 Å². The number of carbonyl (C=O) groups excluding carboxylic acids is 1. The van der Waals surface area contributed by atoms with E-state index in [4.69, 9.17) is 5.11 Å². The number of carbonyl (C=O) groups is 2. The lowest BCUT2D eigenvalue weighted by Gasteiger charge is -2.30. The third kappa shape index (κ3) is 4.31. The molecule has 1 saturated heterocycles. The van der Waals surface area contributed by atoms with Crippen molar-refractivity contribution in [3.63, 3.8) is 0 Å². The van der Waals surface area contributed by atoms with Gasteiger partial charge in [0.25, 0.3) is 5.91 Å². The second kappa shape index (κ2) is 8.83. The average Bonchev–Trinajstić information content (AvgIpc) is 3.05. The number of rotatable bonds is 4. The number of hydrogen-bond acceptors (Lipinski definition) is 4. The third-order valence-electron chi connectivity index (χ3n) is 5.30. The van der Waals surface area contributed by atoms with Gasteiger partial charge in [-0.15, -0.1) is 0 Å². The van der Waals surface area contributed by atoms with E-state index in [9.17, 15) is 14.0 Å². The van der Waals surface area contributed by atoms with Crippen LogP contribution >= 0.6 is 11.8 Å². The molecule has 0 aromatic heterocycles. The number of carboxylic acid groups (broad SMARTS) is 1. The molecule has 0 atom stereocenters. The molecular formula is C23H21FN2O3S. The quantitative estimate of drug-likeness (QED) is 0.662. The van der Waals surface area contributed by atoms with Crippen LogP contribution in [0.15, 0.2) is 58.4 Å². The smallest absolute Gasteiger partial charge is 0.335 e. The van der Waals surface area contributed by atoms with Gasteiger partial charge in [0.15, 0.2) is 5.17 Å². The Kier molecular flexibility index (Phi) is 5.99. The molecule has 30 heavy (non-hydrogen) atoms. The van der Waals surface area contributed by atoms with Crippen LogP contribution < -0.4 is 0 Å². The first-order valence-corrected chi connectivity index (χ1v) is 10.7. The summed E-state index contributed by atoms with van der Waals surface area (Å²) in [5.41, 5.74) is 1.13. The van der Waals surface area contributed by atoms with Crippen molar-refractivity contribution in [3.8, 4) is 0 Å². The van der Waals surface area contributed by atoms with Crippen LogP contribution in [-0.2, 0) is 4.79 Å². The SMILES string of the molecule is O=C(O)c1ccc(/C=C2\SC(=Nc3ccccc3F)N(C3CCCCC3)C2=O)cc1. The van der Waals surface area contributed by atoms with E-state index in [2.05, 4.69) is 4.99 Å². The fraction of sp³-hybridized carbons (Fsp3) is 0.261. The molecule has 2 aliphatic rings. The topological polar surface area (TPSA) is 70.0 Å². The first-order chi connectivity index (χ1) is 14.5. The van der Waals surface area contributed by atoms with Gasteiger partial charge in [-0.2, -0.15) is 0 Å². The number of para-hydroxylation sites is 1. The van der Waals surface area contributed by atoms with Crippen LogP contribution in [0.4, 0.5) is 10.1 Å². The normalized spacial score (nSPS) is 20.3. The predicted molar refractivity (Wildman–Crippen MR) is 116 cm³/mol. The van der Waals surface area contributed by atoms with Crippen molar-refractivity contribution in [3.05, 3.63) is 70.4 Å². The van der Waals surface area contributed by atoms with Gasteiger partial charge in [-0.25, -0.2) is 14.2 Å². The molecule has 1 saturated carbocycles. The Labute approximate surface area is 178 Å². The highest BCUT2D eigenvalue weighted by Gasteiger charge is 2.38. The molecule has 0 spiro atoms. The zero-order chi connectivity index (χ0) is 21.1. The molecule has 2 fully saturated rings. The molecule has 1 aliphatic carbocycles. The second-order valence-corrected chi connectivity index (χ2v) is 8.36. The minimum Gasteiger partial charge on any atom is -0.478 e. The summed E-state index contributed by atoms with van der Waals surface area (Å²) < 4.78 is 14.2. The molecule has 2 aromatic rings. The molecule has 4 rings (SSSR count). The molecular weight excluding hydrogens is 403 g/mol. The number of benzene rings is 2. The van der Waals surface area contributed by atoms with Crippen molar-refractivity contribution in [1.29, 1.82) is 0 Å². The molecule has 7 heteroatoms. The Morgan fingerprint density at radius 3 is 2.47 bits per heavy atom. The Morgan fingerprint density at radius 2 is 1.80 bits per heavy atom. The largest absolute Gasteiger partial charge is 0.478 e. The van der Waals surface area contributed by atoms with Gasteiger partial charge >= 0.3 is 5.97 Å². The van der Waals surface area contributed by atoms with Crippen LogP contribution in [0.5, 0.6) is 0 Å². The number of nitrogens with zero attached hydrogens (tertiary/aromatic N) is 2. The van der Waals surface area contributed by atoms with Crippen LogP contribution in [-0.4, -0.2) is 33.1 Å². The lowest BCUT2D eigenvalue weighted by molar-refractivity contribution is -0.124. The number of halogens is 1. The lowest BCUT2D eigenvalue weighted by Crippen LogP contribution is -2.40. The van der Waals surface area contributed by atoms with E-state index >= 15 is 0 Å². The summed E-state index contributed by atoms with van der Waals surface area (Å²) in [7, 11) is 0. The van der Waals surface area contributed by atoms with E-state index in [1.165, 1.54) is 30.0 Å². The molecule has 154 valence electrons. The van der Waals surface area contributed by atoms with Gasteiger partial charge in [-0.05, 0) is 60.5 Å². The molecule has 0 bridgehead atoms. The fourth-order valence-electron chi connectivity index (χ4n) is 3.74. The third-order valence-corrected chi connectivity index (χ3v) is 6.28. The molecule has 5 nitrogen and oxygen atoms in total. The lowest BCUT2D eigenvalue weighted by atomic mass is 9.94. The Hall–Kier alpha value is -2.93. The second-order valence-electron chi connectivity index (χ2n) is 7.35. The van der Waals surface area contributed by atoms with Gasteiger partial charge < -0.3 is 5.11 Å². The summed E-state index contributed by atoms with van der Waals surface area (Å²) in [5.74, 6) is -1.56. The minimum atomic E-state index is -0.997. The van der Waals surface area contributed by atoms with Crippen molar-refractivity contribution >= 4 is 40.6 Å². The predicted octanol–water partition coefficient (Wildman–Crippen LogP) is 5.46. The highest BCUT2D eigenvalue weighted by atomic mass is 32.2. The van der Waals surface area contributed by atoms with Crippen molar-refractivity contribution in [2.45, 2.75) is 38.1 Å². The molecule has 0 radical (unpaired) electrons. The summed E-state index contributed by atoms with van der Waals surface area (Å²) in [5, 5.41) is 9.54. The maximum atomic E-state index is 14.2. The van der Waals surface area contributed by atoms with E-state index in [1.807, 2.05) is 0 Å². The number of thioether (sulfide) groups is 1. The standard InChI is InChI=1S/C23H21FN2O3S/c24-18-8-4-5-9-19(18)25-23-26(17-6-2-1-3-7-17)21(27)20(30-23)14-15-10-12-16(13-11-15)22(28)29/h4-5,8-14,17H,1-3,6-7H2,(H,28,29)/b20-14-,25-23?. The number of amidine groups is 1. The highest BCUT2D eigenvalue weighted by molar-refractivity contribution is 8.18. The van der Waals surface area contributed by atoms with Gasteiger partial charge in [0.2, 0.25) is 0 Å². The van der Waals surface area contributed by atoms with Crippen LogP contribution in [0.1, 0.15) is 48.0 Å². The highest BCUT2D eigenvalue weighted by Crippen LogP contribution is 2.38. The zero-order valence-electron chi connectivity index (χ0n) is 16.3. The molecule has 2 aromatic carbocycles. The monoisotopic (exact) mass is 424 g/mol. The van der Waals surface area contributed by atoms with Gasteiger partial charge in [0, 0.05) is 6.04 Å². The fourth-order valence-corrected chi connectivity index (χ4v) is 4.80. The number of carboxylic acids is 1. The molecule has 1 aliphatic heterocycles. The van der Waals surface area contributed by atoms with Crippen molar-refractivity contribution in [2.75, 3.05) is 0 Å². The van der Waals surface area contributed by atoms with Crippen molar-refractivity contribution in [1.82, 2.24) is 4.90 Å². The summed E-state index contributed by atoms with van der Waals surface area (Å²) in [6.07, 6.45) is 6.82. The van der Waals surface area contributed by atoms with Crippen molar-refractivity contribution in [2.24, 2.45) is 4.99 Å². The van der Waals surface area contributed by atoms with E-state index in [-0.39, 0.29) is 23.2 Å². The van der Waals surface area contributed by atoms with Crippen molar-refractivity contribution < 1.29 is 19.1 Å². The zero-order valence-corrected chi connectivity index (χ0v) is 17.1. The average molecular weight is 424 g/mol. The number of hydrogen-bond donors (Lipinski definition) is 1. The van der Waals surface area contributed by atoms with E-state index < -0.39 is 11.8 Å². The van der Waals surface area contributed by atoms with Crippen LogP contribution in [0, 0.1) is 5.82 Å². The maximum absolute atomic E-state index is 14.2. The molecule has 0 unspecified atom stereocenters. The molecule has 1 amide bonds. The van der Waals surface area contributed by atoms with Crippen LogP contribution in [0.2, 0.25) is 0 Å². The summed E-state index contributed by atoms with van der Waals surface area (Å²) in [4.78, 5) is 31.0.